The predicted molar refractivity (Wildman–Crippen MR) is 624 cm³/mol. The minimum absolute atomic E-state index is 0.0165. The molecule has 6 nitrogen and oxygen atoms in total. The Morgan fingerprint density at radius 2 is 0.651 bits per heavy atom. The van der Waals surface area contributed by atoms with E-state index in [0.29, 0.717) is 0 Å². The van der Waals surface area contributed by atoms with Gasteiger partial charge in [-0.15, -0.1) is 0 Å². The summed E-state index contributed by atoms with van der Waals surface area (Å²) in [5.74, 6) is 0. The van der Waals surface area contributed by atoms with Gasteiger partial charge in [0.2, 0.25) is 0 Å². The van der Waals surface area contributed by atoms with Crippen LogP contribution in [0.25, 0.3) is 88.4 Å². The van der Waals surface area contributed by atoms with Gasteiger partial charge in [-0.25, -0.2) is 0 Å². The van der Waals surface area contributed by atoms with Crippen molar-refractivity contribution in [3.63, 3.8) is 0 Å². The Morgan fingerprint density at radius 1 is 0.253 bits per heavy atom. The lowest BCUT2D eigenvalue weighted by atomic mass is 9.43. The van der Waals surface area contributed by atoms with Gasteiger partial charge in [0.1, 0.15) is 22.3 Å². The van der Waals surface area contributed by atoms with Crippen LogP contribution in [0.4, 0.5) is 56.9 Å². The maximum Gasteiger partial charge on any atom is 0.333 e. The fraction of sp³-hybridized carbons (Fsp3) is 0.391. The monoisotopic (exact) mass is 1920 g/mol. The molecule has 0 amide bonds. The van der Waals surface area contributed by atoms with Crippen molar-refractivity contribution in [2.24, 2.45) is 0 Å². The van der Waals surface area contributed by atoms with E-state index in [9.17, 15) is 0 Å². The summed E-state index contributed by atoms with van der Waals surface area (Å²) < 4.78 is 14.4. The summed E-state index contributed by atoms with van der Waals surface area (Å²) in [6.45, 7) is 69.5. The molecule has 0 spiro atoms. The molecule has 14 aromatic carbocycles. The summed E-state index contributed by atoms with van der Waals surface area (Å²) in [6, 6.07) is 89.5. The van der Waals surface area contributed by atoms with E-state index in [-0.39, 0.29) is 78.7 Å². The average Bonchev–Trinajstić information content (AvgIpc) is 1.01. The zero-order valence-electron chi connectivity index (χ0n) is 92.4. The van der Waals surface area contributed by atoms with E-state index in [2.05, 4.69) is 432 Å². The Bertz CT molecular complexity index is 8400. The molecule has 0 bridgehead atoms. The second kappa shape index (κ2) is 30.9. The second-order valence-corrected chi connectivity index (χ2v) is 55.0. The van der Waals surface area contributed by atoms with E-state index in [0.717, 1.165) is 128 Å². The van der Waals surface area contributed by atoms with Crippen LogP contribution < -0.4 is 41.3 Å². The SMILES string of the molecule is Cc1ccccc1-c1cc2c3c(c1)N(c1cc4c(cc1C)C(C)(C)CCC4(C)C)c1cc4c(cc1B3N(c1ccc3c(c1)C(C)(C)CCC3(C)CCc1cc(C)c(-c3cc5c6c(c3)N(c3cc7c(cc3C)C(C)(C)CCC7(C)C)c3c(ccc7oc8ccccc8c37)B6N(c3ccc6c(c3)C(C)(C)CCC6(C)C)c3cc6c(cc3-5)C(C)(C)CCC6(C)C)c(C)c1)c1cc3c(cc1-2)C(C)(C)CCC3(C)C)oc1ccccc14. The van der Waals surface area contributed by atoms with Crippen LogP contribution in [0.1, 0.15) is 343 Å². The quantitative estimate of drug-likeness (QED) is 0.134. The zero-order valence-corrected chi connectivity index (χ0v) is 92.4. The highest BCUT2D eigenvalue weighted by Gasteiger charge is 2.55. The lowest BCUT2D eigenvalue weighted by Gasteiger charge is -2.49. The number of anilines is 10. The van der Waals surface area contributed by atoms with Crippen molar-refractivity contribution < 1.29 is 8.83 Å². The normalized spacial score (nSPS) is 20.7. The van der Waals surface area contributed by atoms with Gasteiger partial charge in [0.25, 0.3) is 0 Å². The Balaban J connectivity index is 0.648. The van der Waals surface area contributed by atoms with Crippen LogP contribution in [-0.4, -0.2) is 13.7 Å². The van der Waals surface area contributed by atoms with Crippen LogP contribution in [0.3, 0.4) is 0 Å². The first kappa shape index (κ1) is 93.8. The summed E-state index contributed by atoms with van der Waals surface area (Å²) in [7, 11) is 0. The average molecular weight is 1920 g/mol. The molecular weight excluding hydrogens is 1770 g/mol. The van der Waals surface area contributed by atoms with Crippen molar-refractivity contribution in [2.45, 2.75) is 349 Å². The Kier molecular flexibility index (Phi) is 19.8. The molecule has 0 saturated heterocycles. The minimum atomic E-state index is -0.249. The predicted octanol–water partition coefficient (Wildman–Crippen LogP) is 35.5. The van der Waals surface area contributed by atoms with Crippen molar-refractivity contribution in [2.75, 3.05) is 19.4 Å². The number of nitrogens with zero attached hydrogens (tertiary/aromatic N) is 4. The number of fused-ring (bicyclic) bond motifs is 21. The Labute approximate surface area is 870 Å². The summed E-state index contributed by atoms with van der Waals surface area (Å²) in [5.41, 5.74) is 57.0. The molecule has 0 N–H and O–H groups in total. The van der Waals surface area contributed by atoms with Crippen molar-refractivity contribution in [3.8, 4) is 44.5 Å². The number of hydrogen-bond donors (Lipinski definition) is 0. The highest BCUT2D eigenvalue weighted by Crippen LogP contribution is 2.63. The van der Waals surface area contributed by atoms with E-state index in [1.807, 2.05) is 0 Å². The largest absolute Gasteiger partial charge is 0.456 e. The molecular formula is C138H148B2N4O2. The van der Waals surface area contributed by atoms with Crippen LogP contribution in [0.15, 0.2) is 227 Å². The highest BCUT2D eigenvalue weighted by molar-refractivity contribution is 6.95. The summed E-state index contributed by atoms with van der Waals surface area (Å²) >= 11 is 0. The van der Waals surface area contributed by atoms with Crippen molar-refractivity contribution in [1.29, 1.82) is 0 Å². The zero-order chi connectivity index (χ0) is 102. The molecule has 0 fully saturated rings. The van der Waals surface area contributed by atoms with Crippen LogP contribution in [0.5, 0.6) is 0 Å². The molecule has 10 aliphatic rings. The Hall–Kier alpha value is -12.0. The van der Waals surface area contributed by atoms with E-state index >= 15 is 0 Å². The summed E-state index contributed by atoms with van der Waals surface area (Å²) in [6.07, 6.45) is 15.5. The third-order valence-electron chi connectivity index (χ3n) is 40.2. The molecule has 0 saturated carbocycles. The minimum Gasteiger partial charge on any atom is -0.456 e. The number of furan rings is 2. The molecule has 146 heavy (non-hydrogen) atoms. The number of benzene rings is 14. The standard InChI is InChI=1S/C138H148B2N4O2/c1-79-35-29-30-36-89(79)85-65-95-92-71-103-108(136(24,25)58-53-131(103,14)15)77-114(92)144(140-110-78-121-94(90-37-31-33-39-118(90)146-121)73-115(110)141(116(67-85)124(95)140)111-74-105-99(63-80(111)2)128(8,9)51-55-133(105,18)19)88-42-44-98-102(70-88)137(26,27)59-60-138(98,28)48-47-84-61-82(4)122(83(5)62-84)86-66-96-93-72-104-107(135(22,23)57-54-132(104,16)17)76-113(93)143(87-41-43-97-101(69-87)130(12,13)50-49-127(97,6)7)139-109-45-46-120-123(91-38-32-34-40-119(91)145-120)126(109)142(117(68-86)125(96)139)112-75-106-100(64-81(112)3)129(10,11)52-56-134(106,20)21/h29-46,61-78H,47-60H2,1-28H3. The first-order valence-electron chi connectivity index (χ1n) is 55.5. The molecule has 16 aromatic rings. The highest BCUT2D eigenvalue weighted by atomic mass is 16.3. The number of para-hydroxylation sites is 2. The fourth-order valence-electron chi connectivity index (χ4n) is 30.4. The van der Waals surface area contributed by atoms with E-state index in [1.165, 1.54) is 229 Å². The number of aryl methyl sites for hydroxylation is 6. The molecule has 8 heteroatoms. The van der Waals surface area contributed by atoms with Gasteiger partial charge in [0.05, 0.1) is 11.1 Å². The molecule has 6 heterocycles. The van der Waals surface area contributed by atoms with Crippen LogP contribution >= 0.6 is 0 Å². The molecule has 6 aliphatic carbocycles. The van der Waals surface area contributed by atoms with Gasteiger partial charge in [0, 0.05) is 78.5 Å². The number of rotatable bonds is 9. The molecule has 1 atom stereocenters. The van der Waals surface area contributed by atoms with Crippen molar-refractivity contribution in [1.82, 2.24) is 0 Å². The number of hydrogen-bond acceptors (Lipinski definition) is 6. The van der Waals surface area contributed by atoms with Crippen LogP contribution in [0.2, 0.25) is 0 Å². The maximum atomic E-state index is 7.21. The first-order valence-corrected chi connectivity index (χ1v) is 55.5. The van der Waals surface area contributed by atoms with Gasteiger partial charge in [-0.1, -0.05) is 262 Å². The molecule has 26 rings (SSSR count). The van der Waals surface area contributed by atoms with Gasteiger partial charge in [-0.05, 0) is 460 Å². The van der Waals surface area contributed by atoms with Gasteiger partial charge in [-0.3, -0.25) is 0 Å². The molecule has 0 radical (unpaired) electrons. The summed E-state index contributed by atoms with van der Waals surface area (Å²) in [5, 5.41) is 4.60. The maximum absolute atomic E-state index is 7.21. The van der Waals surface area contributed by atoms with Crippen molar-refractivity contribution in [3.05, 3.63) is 319 Å². The first-order chi connectivity index (χ1) is 68.9. The van der Waals surface area contributed by atoms with Gasteiger partial charge in [-0.2, -0.15) is 0 Å². The summed E-state index contributed by atoms with van der Waals surface area (Å²) in [4.78, 5) is 11.3. The second-order valence-electron chi connectivity index (χ2n) is 55.0. The lowest BCUT2D eigenvalue weighted by Crippen LogP contribution is -2.61. The molecule has 738 valence electrons. The molecule has 4 aliphatic heterocycles. The molecule has 2 aromatic heterocycles. The van der Waals surface area contributed by atoms with E-state index in [1.54, 1.807) is 0 Å². The third kappa shape index (κ3) is 13.6. The van der Waals surface area contributed by atoms with Crippen LogP contribution in [-0.2, 0) is 71.4 Å². The van der Waals surface area contributed by atoms with Crippen molar-refractivity contribution >= 4 is 136 Å². The van der Waals surface area contributed by atoms with E-state index < -0.39 is 0 Å². The van der Waals surface area contributed by atoms with Crippen LogP contribution in [0, 0.1) is 34.6 Å². The topological polar surface area (TPSA) is 39.2 Å². The lowest BCUT2D eigenvalue weighted by molar-refractivity contribution is 0.297. The molecule has 1 unspecified atom stereocenters. The fourth-order valence-corrected chi connectivity index (χ4v) is 30.4. The van der Waals surface area contributed by atoms with Gasteiger partial charge in [0.15, 0.2) is 0 Å². The van der Waals surface area contributed by atoms with Gasteiger partial charge >= 0.3 is 13.7 Å². The van der Waals surface area contributed by atoms with Gasteiger partial charge < -0.3 is 28.3 Å². The third-order valence-corrected chi connectivity index (χ3v) is 40.2. The smallest absolute Gasteiger partial charge is 0.333 e. The Morgan fingerprint density at radius 3 is 1.17 bits per heavy atom. The van der Waals surface area contributed by atoms with E-state index in [4.69, 9.17) is 8.83 Å².